The smallest absolute Gasteiger partial charge is 0.344 e. The van der Waals surface area contributed by atoms with Gasteiger partial charge in [-0.05, 0) is 37.1 Å². The van der Waals surface area contributed by atoms with Crippen LogP contribution in [0.25, 0.3) is 0 Å². The third-order valence-corrected chi connectivity index (χ3v) is 8.05. The van der Waals surface area contributed by atoms with E-state index in [0.717, 1.165) is 19.3 Å². The molecule has 2 saturated heterocycles. The number of carbonyl (C=O) groups excluding carboxylic acids is 4. The summed E-state index contributed by atoms with van der Waals surface area (Å²) in [7, 11) is -3.70. The molecule has 1 aromatic carbocycles. The minimum absolute atomic E-state index is 0.0268. The Morgan fingerprint density at radius 1 is 1.06 bits per heavy atom. The summed E-state index contributed by atoms with van der Waals surface area (Å²) in [5.41, 5.74) is 1.25. The van der Waals surface area contributed by atoms with E-state index >= 15 is 0 Å². The zero-order valence-electron chi connectivity index (χ0n) is 18.4. The SMILES string of the molecule is O=C(COC(=O)c1ccc(S(=O)(=O)N2CCOCC2)cc1)NN1C(=O)NC2(CCCCC2)C1=O. The first-order valence-electron chi connectivity index (χ1n) is 11.0. The predicted molar refractivity (Wildman–Crippen MR) is 116 cm³/mol. The Balaban J connectivity index is 1.31. The van der Waals surface area contributed by atoms with Crippen LogP contribution in [0, 0.1) is 0 Å². The Hall–Kier alpha value is -3.03. The van der Waals surface area contributed by atoms with E-state index in [4.69, 9.17) is 9.47 Å². The standard InChI is InChI=1S/C21H26N4O8S/c26-17(23-25-19(28)21(22-20(25)29)8-2-1-3-9-21)14-33-18(27)15-4-6-16(7-5-15)34(30,31)24-10-12-32-13-11-24/h4-7H,1-3,8-14H2,(H,22,29)(H,23,26). The summed E-state index contributed by atoms with van der Waals surface area (Å²) in [6, 6.07) is 4.44. The molecule has 34 heavy (non-hydrogen) atoms. The molecule has 184 valence electrons. The van der Waals surface area contributed by atoms with Crippen molar-refractivity contribution >= 4 is 33.8 Å². The van der Waals surface area contributed by atoms with Gasteiger partial charge in [0.25, 0.3) is 11.8 Å². The summed E-state index contributed by atoms with van der Waals surface area (Å²) < 4.78 is 36.7. The van der Waals surface area contributed by atoms with Gasteiger partial charge in [0.2, 0.25) is 10.0 Å². The zero-order chi connectivity index (χ0) is 24.3. The van der Waals surface area contributed by atoms with Crippen molar-refractivity contribution in [2.75, 3.05) is 32.9 Å². The molecule has 4 rings (SSSR count). The number of rotatable bonds is 6. The average Bonchev–Trinajstić information content (AvgIpc) is 3.07. The number of sulfonamides is 1. The Labute approximate surface area is 196 Å². The summed E-state index contributed by atoms with van der Waals surface area (Å²) in [5, 5.41) is 3.29. The Bertz CT molecular complexity index is 1080. The summed E-state index contributed by atoms with van der Waals surface area (Å²) >= 11 is 0. The molecule has 1 aliphatic carbocycles. The van der Waals surface area contributed by atoms with Crippen molar-refractivity contribution in [3.05, 3.63) is 29.8 Å². The molecule has 0 bridgehead atoms. The molecule has 12 nitrogen and oxygen atoms in total. The van der Waals surface area contributed by atoms with Gasteiger partial charge in [-0.15, -0.1) is 0 Å². The van der Waals surface area contributed by atoms with E-state index in [1.807, 2.05) is 0 Å². The zero-order valence-corrected chi connectivity index (χ0v) is 19.3. The second kappa shape index (κ2) is 9.68. The molecular formula is C21H26N4O8S. The number of esters is 1. The third kappa shape index (κ3) is 4.76. The van der Waals surface area contributed by atoms with Gasteiger partial charge < -0.3 is 14.8 Å². The van der Waals surface area contributed by atoms with Crippen LogP contribution in [0.2, 0.25) is 0 Å². The number of ether oxygens (including phenoxy) is 2. The van der Waals surface area contributed by atoms with Gasteiger partial charge in [0.05, 0.1) is 23.7 Å². The van der Waals surface area contributed by atoms with E-state index in [-0.39, 0.29) is 23.5 Å². The van der Waals surface area contributed by atoms with Gasteiger partial charge in [0, 0.05) is 13.1 Å². The lowest BCUT2D eigenvalue weighted by Gasteiger charge is -2.30. The fourth-order valence-electron chi connectivity index (χ4n) is 4.29. The quantitative estimate of drug-likeness (QED) is 0.419. The molecule has 2 N–H and O–H groups in total. The maximum absolute atomic E-state index is 12.7. The van der Waals surface area contributed by atoms with Gasteiger partial charge in [-0.25, -0.2) is 18.0 Å². The lowest BCUT2D eigenvalue weighted by Crippen LogP contribution is -2.51. The van der Waals surface area contributed by atoms with Crippen LogP contribution in [0.4, 0.5) is 4.79 Å². The highest BCUT2D eigenvalue weighted by molar-refractivity contribution is 7.89. The van der Waals surface area contributed by atoms with Gasteiger partial charge >= 0.3 is 12.0 Å². The first kappa shape index (κ1) is 24.1. The number of hydrazine groups is 1. The van der Waals surface area contributed by atoms with E-state index < -0.39 is 46.0 Å². The van der Waals surface area contributed by atoms with Crippen molar-refractivity contribution in [1.29, 1.82) is 0 Å². The highest BCUT2D eigenvalue weighted by Gasteiger charge is 2.52. The molecule has 0 aromatic heterocycles. The third-order valence-electron chi connectivity index (χ3n) is 6.14. The summed E-state index contributed by atoms with van der Waals surface area (Å²) in [4.78, 5) is 49.4. The molecule has 1 spiro atoms. The van der Waals surface area contributed by atoms with E-state index in [1.165, 1.54) is 28.6 Å². The molecule has 0 unspecified atom stereocenters. The number of imide groups is 1. The number of benzene rings is 1. The van der Waals surface area contributed by atoms with E-state index in [2.05, 4.69) is 10.7 Å². The van der Waals surface area contributed by atoms with Crippen molar-refractivity contribution in [2.45, 2.75) is 42.5 Å². The van der Waals surface area contributed by atoms with Crippen LogP contribution in [0.5, 0.6) is 0 Å². The van der Waals surface area contributed by atoms with Crippen molar-refractivity contribution in [3.8, 4) is 0 Å². The molecule has 1 saturated carbocycles. The Morgan fingerprint density at radius 2 is 1.71 bits per heavy atom. The van der Waals surface area contributed by atoms with Crippen LogP contribution in [-0.4, -0.2) is 80.0 Å². The molecule has 0 atom stereocenters. The maximum atomic E-state index is 12.7. The van der Waals surface area contributed by atoms with Gasteiger partial charge in [0.15, 0.2) is 6.61 Å². The van der Waals surface area contributed by atoms with Crippen LogP contribution in [0.1, 0.15) is 42.5 Å². The fraction of sp³-hybridized carbons (Fsp3) is 0.524. The predicted octanol–water partition coefficient (Wildman–Crippen LogP) is 0.150. The molecule has 13 heteroatoms. The normalized spacial score (nSPS) is 20.8. The molecule has 2 heterocycles. The number of nitrogens with one attached hydrogen (secondary N) is 2. The first-order valence-corrected chi connectivity index (χ1v) is 12.5. The van der Waals surface area contributed by atoms with E-state index in [1.54, 1.807) is 0 Å². The van der Waals surface area contributed by atoms with E-state index in [9.17, 15) is 27.6 Å². The number of amides is 4. The number of morpholine rings is 1. The summed E-state index contributed by atoms with van der Waals surface area (Å²) in [5.74, 6) is -2.23. The van der Waals surface area contributed by atoms with Crippen LogP contribution < -0.4 is 10.7 Å². The van der Waals surface area contributed by atoms with Crippen molar-refractivity contribution in [3.63, 3.8) is 0 Å². The topological polar surface area (TPSA) is 151 Å². The summed E-state index contributed by atoms with van der Waals surface area (Å²) in [6.45, 7) is 0.408. The Kier molecular flexibility index (Phi) is 6.86. The van der Waals surface area contributed by atoms with Crippen LogP contribution in [0.15, 0.2) is 29.2 Å². The highest BCUT2D eigenvalue weighted by Crippen LogP contribution is 2.33. The average molecular weight is 495 g/mol. The lowest BCUT2D eigenvalue weighted by atomic mass is 9.82. The maximum Gasteiger partial charge on any atom is 0.344 e. The van der Waals surface area contributed by atoms with Crippen molar-refractivity contribution in [2.24, 2.45) is 0 Å². The molecular weight excluding hydrogens is 468 g/mol. The minimum atomic E-state index is -3.70. The molecule has 1 aromatic rings. The summed E-state index contributed by atoms with van der Waals surface area (Å²) in [6.07, 6.45) is 3.61. The van der Waals surface area contributed by atoms with Gasteiger partial charge in [-0.3, -0.25) is 15.0 Å². The second-order valence-corrected chi connectivity index (χ2v) is 10.3. The minimum Gasteiger partial charge on any atom is -0.452 e. The van der Waals surface area contributed by atoms with Gasteiger partial charge in [-0.2, -0.15) is 9.31 Å². The number of hydrogen-bond acceptors (Lipinski definition) is 8. The van der Waals surface area contributed by atoms with E-state index in [0.29, 0.717) is 31.1 Å². The number of hydrogen-bond donors (Lipinski definition) is 2. The molecule has 3 aliphatic rings. The van der Waals surface area contributed by atoms with Crippen molar-refractivity contribution in [1.82, 2.24) is 20.1 Å². The lowest BCUT2D eigenvalue weighted by molar-refractivity contribution is -0.140. The van der Waals surface area contributed by atoms with Crippen LogP contribution in [0.3, 0.4) is 0 Å². The second-order valence-electron chi connectivity index (χ2n) is 8.37. The monoisotopic (exact) mass is 494 g/mol. The van der Waals surface area contributed by atoms with Crippen molar-refractivity contribution < 1.29 is 37.1 Å². The molecule has 3 fully saturated rings. The molecule has 2 aliphatic heterocycles. The Morgan fingerprint density at radius 3 is 2.35 bits per heavy atom. The molecule has 4 amide bonds. The van der Waals surface area contributed by atoms with Gasteiger partial charge in [0.1, 0.15) is 5.54 Å². The largest absolute Gasteiger partial charge is 0.452 e. The number of urea groups is 1. The van der Waals surface area contributed by atoms with Gasteiger partial charge in [-0.1, -0.05) is 19.3 Å². The first-order chi connectivity index (χ1) is 16.2. The fourth-order valence-corrected chi connectivity index (χ4v) is 5.69. The number of nitrogens with zero attached hydrogens (tertiary/aromatic N) is 2. The highest BCUT2D eigenvalue weighted by atomic mass is 32.2. The van der Waals surface area contributed by atoms with Crippen LogP contribution in [-0.2, 0) is 29.1 Å². The number of carbonyl (C=O) groups is 4. The molecule has 0 radical (unpaired) electrons. The van der Waals surface area contributed by atoms with Crippen LogP contribution >= 0.6 is 0 Å².